The van der Waals surface area contributed by atoms with Crippen molar-refractivity contribution in [2.45, 2.75) is 253 Å². The summed E-state index contributed by atoms with van der Waals surface area (Å²) in [5.74, 6) is 1.61. The molecule has 0 saturated carbocycles. The lowest BCUT2D eigenvalue weighted by Crippen LogP contribution is -2.30. The molecule has 0 aliphatic rings. The molecule has 0 fully saturated rings. The summed E-state index contributed by atoms with van der Waals surface area (Å²) in [6.07, 6.45) is 35.2. The van der Waals surface area contributed by atoms with E-state index in [0.717, 1.165) is 75.5 Å². The SMILES string of the molecule is CCC(C)CCCCCCCCCCCCC(=O)OC[C@@H](COC(=O)CCCCCCCCC(C)C)OC(=O)CCCCCCCCCCC(C)CC. The zero-order chi connectivity index (χ0) is 39.2. The minimum absolute atomic E-state index is 0.0668. The molecule has 0 aromatic heterocycles. The fraction of sp³-hybridized carbons (Fsp3) is 0.936. The Hall–Kier alpha value is -1.59. The molecule has 6 heteroatoms. The lowest BCUT2D eigenvalue weighted by molar-refractivity contribution is -0.167. The zero-order valence-electron chi connectivity index (χ0n) is 36.3. The number of hydrogen-bond donors (Lipinski definition) is 0. The van der Waals surface area contributed by atoms with E-state index >= 15 is 0 Å². The van der Waals surface area contributed by atoms with Gasteiger partial charge in [-0.2, -0.15) is 0 Å². The first-order chi connectivity index (χ1) is 25.7. The highest BCUT2D eigenvalue weighted by Crippen LogP contribution is 2.18. The minimum atomic E-state index is -0.762. The molecule has 53 heavy (non-hydrogen) atoms. The minimum Gasteiger partial charge on any atom is -0.462 e. The Morgan fingerprint density at radius 1 is 0.377 bits per heavy atom. The number of ether oxygens (including phenoxy) is 3. The lowest BCUT2D eigenvalue weighted by atomic mass is 9.99. The zero-order valence-corrected chi connectivity index (χ0v) is 36.3. The van der Waals surface area contributed by atoms with Gasteiger partial charge in [0.15, 0.2) is 6.10 Å². The smallest absolute Gasteiger partial charge is 0.306 e. The molecule has 0 rings (SSSR count). The average molecular weight is 751 g/mol. The second-order valence-corrected chi connectivity index (χ2v) is 17.0. The Morgan fingerprint density at radius 2 is 0.660 bits per heavy atom. The summed E-state index contributed by atoms with van der Waals surface area (Å²) in [6.45, 7) is 13.6. The Kier molecular flexibility index (Phi) is 37.5. The van der Waals surface area contributed by atoms with Crippen molar-refractivity contribution in [3.63, 3.8) is 0 Å². The van der Waals surface area contributed by atoms with Crippen LogP contribution in [0.3, 0.4) is 0 Å². The summed E-state index contributed by atoms with van der Waals surface area (Å²) in [4.78, 5) is 37.7. The van der Waals surface area contributed by atoms with Gasteiger partial charge < -0.3 is 14.2 Å². The number of carbonyl (C=O) groups is 3. The fourth-order valence-electron chi connectivity index (χ4n) is 6.81. The predicted octanol–water partition coefficient (Wildman–Crippen LogP) is 14.4. The molecular weight excluding hydrogens is 661 g/mol. The van der Waals surface area contributed by atoms with Crippen molar-refractivity contribution < 1.29 is 28.6 Å². The van der Waals surface area contributed by atoms with Crippen LogP contribution in [0.15, 0.2) is 0 Å². The second-order valence-electron chi connectivity index (χ2n) is 17.0. The number of carbonyl (C=O) groups excluding carboxylic acids is 3. The number of rotatable bonds is 40. The van der Waals surface area contributed by atoms with Crippen molar-refractivity contribution in [3.8, 4) is 0 Å². The standard InChI is InChI=1S/C47H90O6/c1-7-42(5)34-28-22-15-11-9-10-12-17-24-30-36-45(48)51-39-44(40-52-46(49)37-31-25-20-19-21-27-33-41(3)4)53-47(50)38-32-26-18-14-13-16-23-29-35-43(6)8-2/h41-44H,7-40H2,1-6H3/t42?,43?,44-/m0/s1. The Balaban J connectivity index is 4.34. The van der Waals surface area contributed by atoms with Crippen molar-refractivity contribution in [2.24, 2.45) is 17.8 Å². The summed E-state index contributed by atoms with van der Waals surface area (Å²) >= 11 is 0. The summed E-state index contributed by atoms with van der Waals surface area (Å²) < 4.78 is 16.7. The second kappa shape index (κ2) is 38.7. The van der Waals surface area contributed by atoms with E-state index in [9.17, 15) is 14.4 Å². The predicted molar refractivity (Wildman–Crippen MR) is 224 cm³/mol. The molecule has 0 aliphatic heterocycles. The van der Waals surface area contributed by atoms with Crippen molar-refractivity contribution >= 4 is 17.9 Å². The summed E-state index contributed by atoms with van der Waals surface area (Å²) in [7, 11) is 0. The molecule has 314 valence electrons. The molecule has 0 spiro atoms. The van der Waals surface area contributed by atoms with Crippen LogP contribution in [0.5, 0.6) is 0 Å². The number of esters is 3. The van der Waals surface area contributed by atoms with Gasteiger partial charge >= 0.3 is 17.9 Å². The third kappa shape index (κ3) is 38.5. The first kappa shape index (κ1) is 51.4. The van der Waals surface area contributed by atoms with Gasteiger partial charge in [0.2, 0.25) is 0 Å². The van der Waals surface area contributed by atoms with Gasteiger partial charge in [-0.15, -0.1) is 0 Å². The summed E-state index contributed by atoms with van der Waals surface area (Å²) in [5.41, 5.74) is 0. The van der Waals surface area contributed by atoms with Crippen molar-refractivity contribution in [2.75, 3.05) is 13.2 Å². The van der Waals surface area contributed by atoms with Crippen LogP contribution in [0, 0.1) is 17.8 Å². The Bertz CT molecular complexity index is 826. The normalized spacial score (nSPS) is 13.2. The third-order valence-corrected chi connectivity index (χ3v) is 11.1. The summed E-state index contributed by atoms with van der Waals surface area (Å²) in [5, 5.41) is 0. The van der Waals surface area contributed by atoms with Gasteiger partial charge in [-0.3, -0.25) is 14.4 Å². The molecule has 0 N–H and O–H groups in total. The molecule has 0 amide bonds. The van der Waals surface area contributed by atoms with Gasteiger partial charge in [-0.1, -0.05) is 208 Å². The van der Waals surface area contributed by atoms with Crippen LogP contribution in [0.1, 0.15) is 247 Å². The molecule has 2 unspecified atom stereocenters. The topological polar surface area (TPSA) is 78.9 Å². The van der Waals surface area contributed by atoms with Gasteiger partial charge in [-0.25, -0.2) is 0 Å². The van der Waals surface area contributed by atoms with Gasteiger partial charge in [0, 0.05) is 19.3 Å². The van der Waals surface area contributed by atoms with Crippen molar-refractivity contribution in [1.29, 1.82) is 0 Å². The highest BCUT2D eigenvalue weighted by Gasteiger charge is 2.19. The molecule has 0 aliphatic carbocycles. The Labute approximate surface area is 329 Å². The molecule has 0 aromatic carbocycles. The van der Waals surface area contributed by atoms with Crippen LogP contribution in [-0.2, 0) is 28.6 Å². The van der Waals surface area contributed by atoms with Gasteiger partial charge in [0.25, 0.3) is 0 Å². The molecular formula is C47H90O6. The monoisotopic (exact) mass is 751 g/mol. The molecule has 0 aromatic rings. The molecule has 6 nitrogen and oxygen atoms in total. The van der Waals surface area contributed by atoms with Gasteiger partial charge in [-0.05, 0) is 37.0 Å². The van der Waals surface area contributed by atoms with Crippen LogP contribution in [0.4, 0.5) is 0 Å². The van der Waals surface area contributed by atoms with Gasteiger partial charge in [0.05, 0.1) is 0 Å². The maximum atomic E-state index is 12.7. The Morgan fingerprint density at radius 3 is 0.981 bits per heavy atom. The first-order valence-corrected chi connectivity index (χ1v) is 23.2. The first-order valence-electron chi connectivity index (χ1n) is 23.2. The number of hydrogen-bond acceptors (Lipinski definition) is 6. The van der Waals surface area contributed by atoms with Crippen LogP contribution in [-0.4, -0.2) is 37.2 Å². The van der Waals surface area contributed by atoms with E-state index in [0.29, 0.717) is 19.3 Å². The molecule has 0 heterocycles. The highest BCUT2D eigenvalue weighted by molar-refractivity contribution is 5.71. The number of unbranched alkanes of at least 4 members (excludes halogenated alkanes) is 21. The van der Waals surface area contributed by atoms with E-state index in [2.05, 4.69) is 41.5 Å². The highest BCUT2D eigenvalue weighted by atomic mass is 16.6. The lowest BCUT2D eigenvalue weighted by Gasteiger charge is -2.18. The molecule has 0 bridgehead atoms. The van der Waals surface area contributed by atoms with Crippen LogP contribution >= 0.6 is 0 Å². The quantitative estimate of drug-likeness (QED) is 0.0352. The molecule has 0 radical (unpaired) electrons. The fourth-order valence-corrected chi connectivity index (χ4v) is 6.81. The third-order valence-electron chi connectivity index (χ3n) is 11.1. The van der Waals surface area contributed by atoms with E-state index in [-0.39, 0.29) is 31.1 Å². The maximum absolute atomic E-state index is 12.7. The van der Waals surface area contributed by atoms with Gasteiger partial charge in [0.1, 0.15) is 13.2 Å². The van der Waals surface area contributed by atoms with E-state index < -0.39 is 6.10 Å². The van der Waals surface area contributed by atoms with Crippen molar-refractivity contribution in [1.82, 2.24) is 0 Å². The summed E-state index contributed by atoms with van der Waals surface area (Å²) in [6, 6.07) is 0. The van der Waals surface area contributed by atoms with E-state index in [1.54, 1.807) is 0 Å². The maximum Gasteiger partial charge on any atom is 0.306 e. The van der Waals surface area contributed by atoms with E-state index in [4.69, 9.17) is 14.2 Å². The largest absolute Gasteiger partial charge is 0.462 e. The average Bonchev–Trinajstić information content (AvgIpc) is 3.14. The molecule has 3 atom stereocenters. The van der Waals surface area contributed by atoms with Crippen molar-refractivity contribution in [3.05, 3.63) is 0 Å². The van der Waals surface area contributed by atoms with E-state index in [1.165, 1.54) is 128 Å². The van der Waals surface area contributed by atoms with Crippen LogP contribution < -0.4 is 0 Å². The van der Waals surface area contributed by atoms with Crippen LogP contribution in [0.25, 0.3) is 0 Å². The van der Waals surface area contributed by atoms with Crippen LogP contribution in [0.2, 0.25) is 0 Å². The van der Waals surface area contributed by atoms with E-state index in [1.807, 2.05) is 0 Å². The molecule has 0 saturated heterocycles.